The number of aromatic nitrogens is 3. The largest absolute Gasteiger partial charge is 0.208 e. The summed E-state index contributed by atoms with van der Waals surface area (Å²) in [5, 5.41) is 7.15. The first kappa shape index (κ1) is 25.8. The van der Waals surface area contributed by atoms with Crippen molar-refractivity contribution < 1.29 is 0 Å². The third-order valence-electron chi connectivity index (χ3n) is 8.49. The van der Waals surface area contributed by atoms with Crippen molar-refractivity contribution in [3.63, 3.8) is 0 Å². The molecule has 2 aromatic heterocycles. The molecule has 3 nitrogen and oxygen atoms in total. The minimum atomic E-state index is 0.663. The molecule has 45 heavy (non-hydrogen) atoms. The topological polar surface area (TPSA) is 38.7 Å². The lowest BCUT2D eigenvalue weighted by Gasteiger charge is -2.10. The molecule has 210 valence electrons. The predicted octanol–water partition coefficient (Wildman–Crippen LogP) is 11.2. The molecule has 0 aliphatic heterocycles. The summed E-state index contributed by atoms with van der Waals surface area (Å²) in [6, 6.07) is 53.4. The first-order chi connectivity index (χ1) is 22.3. The van der Waals surface area contributed by atoms with E-state index in [1.165, 1.54) is 42.1 Å². The highest BCUT2D eigenvalue weighted by atomic mass is 32.1. The van der Waals surface area contributed by atoms with Crippen molar-refractivity contribution in [2.45, 2.75) is 0 Å². The molecule has 0 spiro atoms. The fourth-order valence-electron chi connectivity index (χ4n) is 6.20. The summed E-state index contributed by atoms with van der Waals surface area (Å²) < 4.78 is 2.54. The average Bonchev–Trinajstić information content (AvgIpc) is 3.49. The van der Waals surface area contributed by atoms with Gasteiger partial charge in [-0.25, -0.2) is 15.0 Å². The summed E-state index contributed by atoms with van der Waals surface area (Å²) in [5.41, 5.74) is 5.39. The van der Waals surface area contributed by atoms with Gasteiger partial charge in [-0.3, -0.25) is 0 Å². The van der Waals surface area contributed by atoms with E-state index in [1.807, 2.05) is 11.3 Å². The monoisotopic (exact) mass is 591 g/mol. The van der Waals surface area contributed by atoms with Crippen LogP contribution in [0.15, 0.2) is 152 Å². The van der Waals surface area contributed by atoms with Crippen molar-refractivity contribution in [3.8, 4) is 45.3 Å². The van der Waals surface area contributed by atoms with Gasteiger partial charge in [0.05, 0.1) is 0 Å². The number of fused-ring (bicyclic) bond motifs is 5. The number of rotatable bonds is 4. The van der Waals surface area contributed by atoms with Gasteiger partial charge in [0.25, 0.3) is 0 Å². The summed E-state index contributed by atoms with van der Waals surface area (Å²) in [5.74, 6) is 1.99. The molecule has 4 heteroatoms. The van der Waals surface area contributed by atoms with Gasteiger partial charge in [0.15, 0.2) is 17.5 Å². The van der Waals surface area contributed by atoms with Gasteiger partial charge in [-0.05, 0) is 63.0 Å². The molecule has 0 aliphatic carbocycles. The van der Waals surface area contributed by atoms with Gasteiger partial charge < -0.3 is 0 Å². The summed E-state index contributed by atoms with van der Waals surface area (Å²) in [6.07, 6.45) is 0. The molecule has 0 radical (unpaired) electrons. The van der Waals surface area contributed by atoms with Crippen LogP contribution in [0.25, 0.3) is 87.0 Å². The van der Waals surface area contributed by atoms with E-state index in [1.54, 1.807) is 0 Å². The van der Waals surface area contributed by atoms with Crippen molar-refractivity contribution in [3.05, 3.63) is 152 Å². The van der Waals surface area contributed by atoms with Gasteiger partial charge in [-0.2, -0.15) is 0 Å². The average molecular weight is 592 g/mol. The molecule has 7 aromatic carbocycles. The lowest BCUT2D eigenvalue weighted by atomic mass is 10.0. The zero-order chi connectivity index (χ0) is 29.7. The van der Waals surface area contributed by atoms with Crippen LogP contribution >= 0.6 is 11.3 Å². The first-order valence-corrected chi connectivity index (χ1v) is 15.8. The Balaban J connectivity index is 1.24. The highest BCUT2D eigenvalue weighted by Gasteiger charge is 2.16. The number of thiophene rings is 1. The first-order valence-electron chi connectivity index (χ1n) is 15.0. The van der Waals surface area contributed by atoms with Gasteiger partial charge in [-0.1, -0.05) is 121 Å². The van der Waals surface area contributed by atoms with Gasteiger partial charge in [0.1, 0.15) is 0 Å². The molecular formula is C41H25N3S. The maximum Gasteiger partial charge on any atom is 0.164 e. The quantitative estimate of drug-likeness (QED) is 0.204. The molecule has 0 saturated heterocycles. The lowest BCUT2D eigenvalue weighted by molar-refractivity contribution is 1.08. The third-order valence-corrected chi connectivity index (χ3v) is 9.71. The zero-order valence-electron chi connectivity index (χ0n) is 24.2. The van der Waals surface area contributed by atoms with E-state index in [4.69, 9.17) is 15.0 Å². The van der Waals surface area contributed by atoms with Crippen LogP contribution in [0.3, 0.4) is 0 Å². The van der Waals surface area contributed by atoms with Crippen LogP contribution < -0.4 is 0 Å². The molecule has 0 saturated carbocycles. The van der Waals surface area contributed by atoms with E-state index in [0.717, 1.165) is 27.5 Å². The molecular weight excluding hydrogens is 567 g/mol. The highest BCUT2D eigenvalue weighted by molar-refractivity contribution is 7.26. The number of hydrogen-bond donors (Lipinski definition) is 0. The van der Waals surface area contributed by atoms with Gasteiger partial charge in [0.2, 0.25) is 0 Å². The van der Waals surface area contributed by atoms with Crippen molar-refractivity contribution in [2.75, 3.05) is 0 Å². The fraction of sp³-hybridized carbons (Fsp3) is 0. The maximum atomic E-state index is 5.09. The van der Waals surface area contributed by atoms with E-state index in [0.29, 0.717) is 17.5 Å². The standard InChI is InChI=1S/C41H25N3S/c1-2-11-28(12-3-1)34-15-8-16-35-36-25-33(21-22-37(36)45-38(34)35)41-43-39(31-19-17-26-9-4-6-13-29(26)23-31)42-40(44-41)32-20-18-27-10-5-7-14-30(27)24-32/h1-25H. The van der Waals surface area contributed by atoms with Crippen LogP contribution in [0.5, 0.6) is 0 Å². The van der Waals surface area contributed by atoms with Crippen LogP contribution in [0.1, 0.15) is 0 Å². The summed E-state index contributed by atoms with van der Waals surface area (Å²) in [6.45, 7) is 0. The summed E-state index contributed by atoms with van der Waals surface area (Å²) in [4.78, 5) is 15.2. The Labute approximate surface area is 264 Å². The fourth-order valence-corrected chi connectivity index (χ4v) is 7.42. The third kappa shape index (κ3) is 4.55. The molecule has 0 bridgehead atoms. The van der Waals surface area contributed by atoms with Crippen LogP contribution in [-0.2, 0) is 0 Å². The molecule has 0 fully saturated rings. The maximum absolute atomic E-state index is 5.09. The van der Waals surface area contributed by atoms with Crippen LogP contribution in [0, 0.1) is 0 Å². The normalized spacial score (nSPS) is 11.6. The second kappa shape index (κ2) is 10.5. The zero-order valence-corrected chi connectivity index (χ0v) is 25.0. The number of benzene rings is 7. The lowest BCUT2D eigenvalue weighted by Crippen LogP contribution is -2.00. The van der Waals surface area contributed by atoms with E-state index >= 15 is 0 Å². The van der Waals surface area contributed by atoms with Crippen molar-refractivity contribution in [2.24, 2.45) is 0 Å². The summed E-state index contributed by atoms with van der Waals surface area (Å²) >= 11 is 1.84. The smallest absolute Gasteiger partial charge is 0.164 e. The van der Waals surface area contributed by atoms with Crippen LogP contribution in [-0.4, -0.2) is 15.0 Å². The van der Waals surface area contributed by atoms with Crippen LogP contribution in [0.4, 0.5) is 0 Å². The van der Waals surface area contributed by atoms with Crippen LogP contribution in [0.2, 0.25) is 0 Å². The van der Waals surface area contributed by atoms with E-state index in [-0.39, 0.29) is 0 Å². The Morgan fingerprint density at radius 1 is 0.356 bits per heavy atom. The second-order valence-corrected chi connectivity index (χ2v) is 12.3. The molecule has 2 heterocycles. The highest BCUT2D eigenvalue weighted by Crippen LogP contribution is 2.41. The Morgan fingerprint density at radius 2 is 0.889 bits per heavy atom. The van der Waals surface area contributed by atoms with Crippen molar-refractivity contribution in [1.29, 1.82) is 0 Å². The molecule has 9 aromatic rings. The molecule has 0 amide bonds. The molecule has 0 aliphatic rings. The molecule has 0 atom stereocenters. The van der Waals surface area contributed by atoms with E-state index in [2.05, 4.69) is 152 Å². The van der Waals surface area contributed by atoms with Crippen molar-refractivity contribution >= 4 is 53.1 Å². The predicted molar refractivity (Wildman–Crippen MR) is 189 cm³/mol. The van der Waals surface area contributed by atoms with E-state index < -0.39 is 0 Å². The molecule has 9 rings (SSSR count). The number of nitrogens with zero attached hydrogens (tertiary/aromatic N) is 3. The van der Waals surface area contributed by atoms with Gasteiger partial charge in [0, 0.05) is 36.9 Å². The number of hydrogen-bond acceptors (Lipinski definition) is 4. The van der Waals surface area contributed by atoms with Gasteiger partial charge in [-0.15, -0.1) is 11.3 Å². The van der Waals surface area contributed by atoms with E-state index in [9.17, 15) is 0 Å². The Morgan fingerprint density at radius 3 is 1.51 bits per heavy atom. The molecule has 0 N–H and O–H groups in total. The Hall–Kier alpha value is -5.71. The Bertz CT molecular complexity index is 2450. The molecule has 0 unspecified atom stereocenters. The van der Waals surface area contributed by atoms with Crippen molar-refractivity contribution in [1.82, 2.24) is 15.0 Å². The minimum absolute atomic E-state index is 0.663. The second-order valence-electron chi connectivity index (χ2n) is 11.3. The summed E-state index contributed by atoms with van der Waals surface area (Å²) in [7, 11) is 0. The SMILES string of the molecule is c1ccc(-c2cccc3c2sc2ccc(-c4nc(-c5ccc6ccccc6c5)nc(-c5ccc6ccccc6c5)n4)cc23)cc1. The van der Waals surface area contributed by atoms with Gasteiger partial charge >= 0.3 is 0 Å². The Kier molecular flexibility index (Phi) is 6.00. The minimum Gasteiger partial charge on any atom is -0.208 e.